The quantitative estimate of drug-likeness (QED) is 0.852. The van der Waals surface area contributed by atoms with E-state index in [-0.39, 0.29) is 5.91 Å². The second-order valence-electron chi connectivity index (χ2n) is 6.24. The third-order valence-electron chi connectivity index (χ3n) is 4.53. The number of carbonyl (C=O) groups is 1. The number of aryl methyl sites for hydroxylation is 1. The highest BCUT2D eigenvalue weighted by atomic mass is 16.4. The number of carbonyl (C=O) groups excluding carboxylic acids is 1. The van der Waals surface area contributed by atoms with Gasteiger partial charge in [-0.1, -0.05) is 6.92 Å². The van der Waals surface area contributed by atoms with Crippen molar-refractivity contribution < 1.29 is 9.21 Å². The molecule has 2 aromatic rings. The van der Waals surface area contributed by atoms with Crippen molar-refractivity contribution in [3.8, 4) is 12.0 Å². The maximum atomic E-state index is 12.9. The van der Waals surface area contributed by atoms with E-state index in [9.17, 15) is 10.1 Å². The fourth-order valence-electron chi connectivity index (χ4n) is 3.17. The molecule has 5 heteroatoms. The van der Waals surface area contributed by atoms with Crippen LogP contribution in [0.4, 0.5) is 0 Å². The molecule has 1 aliphatic rings. The zero-order valence-corrected chi connectivity index (χ0v) is 13.6. The van der Waals surface area contributed by atoms with Gasteiger partial charge in [-0.05, 0) is 44.2 Å². The van der Waals surface area contributed by atoms with Gasteiger partial charge in [-0.3, -0.25) is 9.36 Å². The third kappa shape index (κ3) is 2.89. The van der Waals surface area contributed by atoms with Crippen LogP contribution in [0.3, 0.4) is 0 Å². The molecule has 120 valence electrons. The molecule has 5 nitrogen and oxygen atoms in total. The van der Waals surface area contributed by atoms with Crippen LogP contribution in [-0.2, 0) is 0 Å². The molecule has 1 amide bonds. The molecule has 0 aliphatic carbocycles. The molecule has 3 heterocycles. The van der Waals surface area contributed by atoms with Gasteiger partial charge in [-0.25, -0.2) is 0 Å². The van der Waals surface area contributed by atoms with Gasteiger partial charge in [-0.15, -0.1) is 0 Å². The number of likely N-dealkylation sites (tertiary alicyclic amines) is 1. The summed E-state index contributed by atoms with van der Waals surface area (Å²) in [6.07, 6.45) is 6.78. The number of nitrogens with zero attached hydrogens (tertiary/aromatic N) is 3. The number of hydrogen-bond donors (Lipinski definition) is 0. The molecule has 1 aliphatic heterocycles. The normalized spacial score (nSPS) is 18.5. The van der Waals surface area contributed by atoms with Crippen LogP contribution < -0.4 is 0 Å². The van der Waals surface area contributed by atoms with Crippen LogP contribution in [0.25, 0.3) is 5.88 Å². The summed E-state index contributed by atoms with van der Waals surface area (Å²) in [5.41, 5.74) is 0.728. The van der Waals surface area contributed by atoms with Crippen molar-refractivity contribution in [1.29, 1.82) is 5.26 Å². The molecule has 1 unspecified atom stereocenters. The number of furan rings is 1. The fourth-order valence-corrected chi connectivity index (χ4v) is 3.17. The summed E-state index contributed by atoms with van der Waals surface area (Å²) in [6.45, 7) is 5.47. The van der Waals surface area contributed by atoms with E-state index in [1.165, 1.54) is 0 Å². The zero-order chi connectivity index (χ0) is 16.4. The van der Waals surface area contributed by atoms with Crippen molar-refractivity contribution in [3.05, 3.63) is 41.4 Å². The highest BCUT2D eigenvalue weighted by molar-refractivity contribution is 5.98. The molecule has 0 N–H and O–H groups in total. The van der Waals surface area contributed by atoms with Crippen molar-refractivity contribution in [3.63, 3.8) is 0 Å². The van der Waals surface area contributed by atoms with E-state index in [0.717, 1.165) is 32.4 Å². The Morgan fingerprint density at radius 2 is 2.04 bits per heavy atom. The summed E-state index contributed by atoms with van der Waals surface area (Å²) < 4.78 is 7.47. The van der Waals surface area contributed by atoms with Crippen LogP contribution in [0.15, 0.2) is 28.9 Å². The molecule has 23 heavy (non-hydrogen) atoms. The van der Waals surface area contributed by atoms with E-state index in [2.05, 4.69) is 13.0 Å². The molecular weight excluding hydrogens is 290 g/mol. The lowest BCUT2D eigenvalue weighted by Gasteiger charge is -2.20. The number of rotatable bonds is 2. The molecule has 0 radical (unpaired) electrons. The predicted octanol–water partition coefficient (Wildman–Crippen LogP) is 3.51. The summed E-state index contributed by atoms with van der Waals surface area (Å²) in [5, 5.41) is 9.56. The van der Waals surface area contributed by atoms with Crippen molar-refractivity contribution in [2.24, 2.45) is 5.92 Å². The van der Waals surface area contributed by atoms with Crippen LogP contribution in [0.5, 0.6) is 0 Å². The van der Waals surface area contributed by atoms with Crippen molar-refractivity contribution in [2.45, 2.75) is 33.1 Å². The minimum absolute atomic E-state index is 0.0877. The number of nitriles is 1. The Kier molecular flexibility index (Phi) is 4.24. The topological polar surface area (TPSA) is 62.2 Å². The first kappa shape index (κ1) is 15.4. The van der Waals surface area contributed by atoms with Gasteiger partial charge in [0.1, 0.15) is 23.0 Å². The summed E-state index contributed by atoms with van der Waals surface area (Å²) in [7, 11) is 0. The third-order valence-corrected chi connectivity index (χ3v) is 4.53. The summed E-state index contributed by atoms with van der Waals surface area (Å²) in [4.78, 5) is 14.8. The lowest BCUT2D eigenvalue weighted by molar-refractivity contribution is 0.0758. The average Bonchev–Trinajstić information content (AvgIpc) is 3.11. The lowest BCUT2D eigenvalue weighted by atomic mass is 10.0. The second-order valence-corrected chi connectivity index (χ2v) is 6.24. The van der Waals surface area contributed by atoms with Gasteiger partial charge in [0.15, 0.2) is 0 Å². The molecule has 2 aromatic heterocycles. The molecule has 0 bridgehead atoms. The Bertz CT molecular complexity index is 737. The highest BCUT2D eigenvalue weighted by Crippen LogP contribution is 2.28. The van der Waals surface area contributed by atoms with Gasteiger partial charge in [0, 0.05) is 25.5 Å². The summed E-state index contributed by atoms with van der Waals surface area (Å²) in [5.74, 6) is 1.48. The molecule has 1 fully saturated rings. The van der Waals surface area contributed by atoms with Gasteiger partial charge in [-0.2, -0.15) is 5.26 Å². The number of hydrogen-bond acceptors (Lipinski definition) is 3. The molecule has 1 atom stereocenters. The van der Waals surface area contributed by atoms with Crippen molar-refractivity contribution in [2.75, 3.05) is 13.1 Å². The van der Waals surface area contributed by atoms with Crippen LogP contribution in [-0.4, -0.2) is 28.5 Å². The SMILES string of the molecule is Cc1oc(-n2cccc2)c(C#N)c1C(=O)N1CCCC(C)CC1. The Morgan fingerprint density at radius 3 is 2.74 bits per heavy atom. The Balaban J connectivity index is 1.96. The van der Waals surface area contributed by atoms with E-state index < -0.39 is 0 Å². The van der Waals surface area contributed by atoms with Gasteiger partial charge in [0.25, 0.3) is 5.91 Å². The molecular formula is C18H21N3O2. The van der Waals surface area contributed by atoms with Crippen LogP contribution in [0, 0.1) is 24.2 Å². The van der Waals surface area contributed by atoms with Crippen LogP contribution >= 0.6 is 0 Å². The largest absolute Gasteiger partial charge is 0.443 e. The van der Waals surface area contributed by atoms with E-state index in [1.54, 1.807) is 23.9 Å². The van der Waals surface area contributed by atoms with Crippen molar-refractivity contribution >= 4 is 5.91 Å². The fraction of sp³-hybridized carbons (Fsp3) is 0.444. The van der Waals surface area contributed by atoms with Crippen LogP contribution in [0.2, 0.25) is 0 Å². The first-order valence-corrected chi connectivity index (χ1v) is 8.08. The average molecular weight is 311 g/mol. The minimum atomic E-state index is -0.0877. The highest BCUT2D eigenvalue weighted by Gasteiger charge is 2.28. The smallest absolute Gasteiger partial charge is 0.258 e. The van der Waals surface area contributed by atoms with E-state index in [1.807, 2.05) is 17.0 Å². The first-order valence-electron chi connectivity index (χ1n) is 8.08. The molecule has 0 spiro atoms. The van der Waals surface area contributed by atoms with E-state index in [0.29, 0.717) is 28.7 Å². The van der Waals surface area contributed by atoms with Gasteiger partial charge in [0.05, 0.1) is 0 Å². The standard InChI is InChI=1S/C18H21N3O2/c1-13-6-5-10-20(11-7-13)17(22)16-14(2)23-18(15(16)12-19)21-8-3-4-9-21/h3-4,8-9,13H,5-7,10-11H2,1-2H3. The maximum Gasteiger partial charge on any atom is 0.258 e. The van der Waals surface area contributed by atoms with Gasteiger partial charge >= 0.3 is 0 Å². The molecule has 1 saturated heterocycles. The lowest BCUT2D eigenvalue weighted by Crippen LogP contribution is -2.32. The monoisotopic (exact) mass is 311 g/mol. The Labute approximate surface area is 136 Å². The zero-order valence-electron chi connectivity index (χ0n) is 13.6. The summed E-state index contributed by atoms with van der Waals surface area (Å²) in [6, 6.07) is 5.87. The number of amides is 1. The Morgan fingerprint density at radius 1 is 1.30 bits per heavy atom. The van der Waals surface area contributed by atoms with Crippen LogP contribution in [0.1, 0.15) is 47.9 Å². The molecule has 0 aromatic carbocycles. The van der Waals surface area contributed by atoms with E-state index in [4.69, 9.17) is 4.42 Å². The van der Waals surface area contributed by atoms with Gasteiger partial charge in [0.2, 0.25) is 5.88 Å². The minimum Gasteiger partial charge on any atom is -0.443 e. The number of aromatic nitrogens is 1. The second kappa shape index (κ2) is 6.33. The maximum absolute atomic E-state index is 12.9. The predicted molar refractivity (Wildman–Crippen MR) is 86.4 cm³/mol. The Hall–Kier alpha value is -2.48. The van der Waals surface area contributed by atoms with E-state index >= 15 is 0 Å². The summed E-state index contributed by atoms with van der Waals surface area (Å²) >= 11 is 0. The molecule has 0 saturated carbocycles. The van der Waals surface area contributed by atoms with Gasteiger partial charge < -0.3 is 9.32 Å². The first-order chi connectivity index (χ1) is 11.1. The molecule has 3 rings (SSSR count). The van der Waals surface area contributed by atoms with Crippen molar-refractivity contribution in [1.82, 2.24) is 9.47 Å².